The van der Waals surface area contributed by atoms with E-state index in [1.807, 2.05) is 24.3 Å². The van der Waals surface area contributed by atoms with Crippen molar-refractivity contribution in [3.63, 3.8) is 0 Å². The van der Waals surface area contributed by atoms with Crippen LogP contribution < -0.4 is 21.3 Å². The van der Waals surface area contributed by atoms with Gasteiger partial charge in [-0.1, -0.05) is 282 Å². The summed E-state index contributed by atoms with van der Waals surface area (Å²) in [6, 6.07) is 15.9. The van der Waals surface area contributed by atoms with Crippen LogP contribution in [0.25, 0.3) is 0 Å². The highest BCUT2D eigenvalue weighted by Gasteiger charge is 2.05. The Balaban J connectivity index is 1.36. The second-order valence-electron chi connectivity index (χ2n) is 19.8. The van der Waals surface area contributed by atoms with Gasteiger partial charge in [-0.05, 0) is 54.7 Å². The van der Waals surface area contributed by atoms with E-state index < -0.39 is 0 Å². The molecule has 0 aromatic heterocycles. The Morgan fingerprint density at radius 2 is 0.492 bits per heavy atom. The van der Waals surface area contributed by atoms with Crippen LogP contribution in [0, 0.1) is 0 Å². The first kappa shape index (κ1) is 58.1. The number of anilines is 2. The van der Waals surface area contributed by atoms with Crippen molar-refractivity contribution in [2.45, 2.75) is 277 Å². The first-order chi connectivity index (χ1) is 32.1. The number of carbonyl (C=O) groups excluding carboxylic acids is 2. The van der Waals surface area contributed by atoms with Crippen LogP contribution in [0.4, 0.5) is 21.0 Å². The number of amides is 4. The van der Waals surface area contributed by atoms with Crippen LogP contribution in [-0.2, 0) is 6.42 Å². The monoisotopic (exact) mass is 901 g/mol. The standard InChI is InChI=1S/C59H104N4O2/c1-3-5-7-9-11-13-15-17-19-21-23-25-27-29-31-33-35-37-39-41-51-60-58(64)62-56-47-43-54(44-48-56)53-55-45-49-57(50-46-55)63-59(65)61-52-42-40-38-36-34-32-30-28-26-24-22-20-18-16-14-12-10-8-6-4-2/h43-50H,3-42,51-53H2,1-2H3,(H2,60,62,64)(H2,61,63,65). The molecule has 0 radical (unpaired) electrons. The summed E-state index contributed by atoms with van der Waals surface area (Å²) in [5.41, 5.74) is 3.95. The van der Waals surface area contributed by atoms with Gasteiger partial charge in [0.05, 0.1) is 0 Å². The van der Waals surface area contributed by atoms with E-state index in [4.69, 9.17) is 0 Å². The number of carbonyl (C=O) groups is 2. The summed E-state index contributed by atoms with van der Waals surface area (Å²) in [5.74, 6) is 0. The zero-order chi connectivity index (χ0) is 46.4. The molecule has 0 saturated heterocycles. The lowest BCUT2D eigenvalue weighted by atomic mass is 10.0. The summed E-state index contributed by atoms with van der Waals surface area (Å²) in [6.45, 7) is 6.02. The molecule has 0 spiro atoms. The van der Waals surface area contributed by atoms with Gasteiger partial charge in [-0.2, -0.15) is 0 Å². The van der Waals surface area contributed by atoms with Crippen molar-refractivity contribution < 1.29 is 9.59 Å². The minimum absolute atomic E-state index is 0.136. The Kier molecular flexibility index (Phi) is 40.0. The maximum Gasteiger partial charge on any atom is 0.319 e. The highest BCUT2D eigenvalue weighted by atomic mass is 16.2. The zero-order valence-corrected chi connectivity index (χ0v) is 42.8. The van der Waals surface area contributed by atoms with Crippen molar-refractivity contribution in [3.8, 4) is 0 Å². The Morgan fingerprint density at radius 1 is 0.292 bits per heavy atom. The summed E-state index contributed by atoms with van der Waals surface area (Å²) < 4.78 is 0. The van der Waals surface area contributed by atoms with E-state index >= 15 is 0 Å². The first-order valence-corrected chi connectivity index (χ1v) is 28.4. The topological polar surface area (TPSA) is 82.3 Å². The number of hydrogen-bond acceptors (Lipinski definition) is 2. The lowest BCUT2D eigenvalue weighted by Crippen LogP contribution is -2.29. The average molecular weight is 902 g/mol. The van der Waals surface area contributed by atoms with E-state index in [1.54, 1.807) is 0 Å². The Hall–Kier alpha value is -3.02. The number of benzene rings is 2. The normalized spacial score (nSPS) is 11.2. The van der Waals surface area contributed by atoms with E-state index in [-0.39, 0.29) is 12.1 Å². The smallest absolute Gasteiger partial charge is 0.319 e. The molecular formula is C59H104N4O2. The van der Waals surface area contributed by atoms with Gasteiger partial charge in [0.25, 0.3) is 0 Å². The average Bonchev–Trinajstić information content (AvgIpc) is 3.31. The molecule has 2 aromatic carbocycles. The third-order valence-corrected chi connectivity index (χ3v) is 13.5. The van der Waals surface area contributed by atoms with Crippen LogP contribution in [0.15, 0.2) is 48.5 Å². The number of urea groups is 2. The SMILES string of the molecule is CCCCCCCCCCCCCCCCCCCCCCNC(=O)Nc1ccc(Cc2ccc(NC(=O)NCCCCCCCCCCCCCCCCCCCCCC)cc2)cc1. The van der Waals surface area contributed by atoms with Gasteiger partial charge in [0.1, 0.15) is 0 Å². The first-order valence-electron chi connectivity index (χ1n) is 28.4. The zero-order valence-electron chi connectivity index (χ0n) is 42.8. The van der Waals surface area contributed by atoms with Crippen molar-refractivity contribution in [3.05, 3.63) is 59.7 Å². The molecule has 2 aromatic rings. The van der Waals surface area contributed by atoms with Crippen LogP contribution in [0.3, 0.4) is 0 Å². The third-order valence-electron chi connectivity index (χ3n) is 13.5. The number of unbranched alkanes of at least 4 members (excludes halogenated alkanes) is 38. The molecule has 4 N–H and O–H groups in total. The highest BCUT2D eigenvalue weighted by molar-refractivity contribution is 5.89. The van der Waals surface area contributed by atoms with E-state index in [2.05, 4.69) is 59.4 Å². The Labute approximate surface area is 402 Å². The van der Waals surface area contributed by atoms with Gasteiger partial charge in [0, 0.05) is 24.5 Å². The van der Waals surface area contributed by atoms with Gasteiger partial charge in [-0.3, -0.25) is 0 Å². The van der Waals surface area contributed by atoms with Gasteiger partial charge in [-0.25, -0.2) is 9.59 Å². The van der Waals surface area contributed by atoms with E-state index in [9.17, 15) is 9.59 Å². The maximum absolute atomic E-state index is 12.5. The molecular weight excluding hydrogens is 797 g/mol. The lowest BCUT2D eigenvalue weighted by Gasteiger charge is -2.10. The predicted molar refractivity (Wildman–Crippen MR) is 286 cm³/mol. The molecule has 0 atom stereocenters. The molecule has 0 fully saturated rings. The second-order valence-corrected chi connectivity index (χ2v) is 19.8. The number of nitrogens with one attached hydrogen (secondary N) is 4. The molecule has 65 heavy (non-hydrogen) atoms. The van der Waals surface area contributed by atoms with Gasteiger partial charge in [0.2, 0.25) is 0 Å². The van der Waals surface area contributed by atoms with Crippen molar-refractivity contribution in [1.29, 1.82) is 0 Å². The molecule has 0 aliphatic heterocycles. The van der Waals surface area contributed by atoms with Crippen LogP contribution in [0.1, 0.15) is 282 Å². The molecule has 0 aliphatic rings. The van der Waals surface area contributed by atoms with Crippen LogP contribution >= 0.6 is 0 Å². The molecule has 0 saturated carbocycles. The van der Waals surface area contributed by atoms with Crippen LogP contribution in [0.2, 0.25) is 0 Å². The number of hydrogen-bond donors (Lipinski definition) is 4. The molecule has 372 valence electrons. The molecule has 6 nitrogen and oxygen atoms in total. The van der Waals surface area contributed by atoms with Gasteiger partial charge < -0.3 is 21.3 Å². The predicted octanol–water partition coefficient (Wildman–Crippen LogP) is 19.2. The number of rotatable bonds is 46. The highest BCUT2D eigenvalue weighted by Crippen LogP contribution is 2.19. The van der Waals surface area contributed by atoms with Gasteiger partial charge >= 0.3 is 12.1 Å². The second kappa shape index (κ2) is 44.8. The van der Waals surface area contributed by atoms with Crippen molar-refractivity contribution >= 4 is 23.4 Å². The minimum atomic E-state index is -0.136. The van der Waals surface area contributed by atoms with E-state index in [0.29, 0.717) is 0 Å². The summed E-state index contributed by atoms with van der Waals surface area (Å²) >= 11 is 0. The molecule has 6 heteroatoms. The maximum atomic E-state index is 12.5. The molecule has 0 heterocycles. The van der Waals surface area contributed by atoms with E-state index in [1.165, 1.54) is 255 Å². The summed E-state index contributed by atoms with van der Waals surface area (Å²) in [4.78, 5) is 24.9. The third kappa shape index (κ3) is 37.7. The minimum Gasteiger partial charge on any atom is -0.338 e. The van der Waals surface area contributed by atoms with Crippen molar-refractivity contribution in [1.82, 2.24) is 10.6 Å². The van der Waals surface area contributed by atoms with Crippen LogP contribution in [-0.4, -0.2) is 25.2 Å². The molecule has 0 unspecified atom stereocenters. The van der Waals surface area contributed by atoms with Gasteiger partial charge in [-0.15, -0.1) is 0 Å². The molecule has 2 rings (SSSR count). The van der Waals surface area contributed by atoms with Crippen molar-refractivity contribution in [2.24, 2.45) is 0 Å². The molecule has 0 bridgehead atoms. The van der Waals surface area contributed by atoms with Crippen molar-refractivity contribution in [2.75, 3.05) is 23.7 Å². The summed E-state index contributed by atoms with van der Waals surface area (Å²) in [5, 5.41) is 12.0. The molecule has 4 amide bonds. The van der Waals surface area contributed by atoms with Crippen LogP contribution in [0.5, 0.6) is 0 Å². The fourth-order valence-corrected chi connectivity index (χ4v) is 9.16. The summed E-state index contributed by atoms with van der Waals surface area (Å²) in [7, 11) is 0. The fraction of sp³-hybridized carbons (Fsp3) is 0.763. The molecule has 0 aliphatic carbocycles. The quantitative estimate of drug-likeness (QED) is 0.0499. The van der Waals surface area contributed by atoms with Gasteiger partial charge in [0.15, 0.2) is 0 Å². The Bertz CT molecular complexity index is 1230. The van der Waals surface area contributed by atoms with E-state index in [0.717, 1.165) is 43.7 Å². The lowest BCUT2D eigenvalue weighted by molar-refractivity contribution is 0.251. The Morgan fingerprint density at radius 3 is 0.708 bits per heavy atom. The largest absolute Gasteiger partial charge is 0.338 e. The summed E-state index contributed by atoms with van der Waals surface area (Å²) in [6.07, 6.45) is 55.8. The fourth-order valence-electron chi connectivity index (χ4n) is 9.16.